The Morgan fingerprint density at radius 3 is 3.00 bits per heavy atom. The molecule has 0 aliphatic rings. The Balaban J connectivity index is 2.57. The first-order valence-electron chi connectivity index (χ1n) is 6.04. The largest absolute Gasteiger partial charge is 0.380 e. The number of aromatic nitrogens is 1. The van der Waals surface area contributed by atoms with Crippen molar-refractivity contribution in [1.29, 1.82) is 0 Å². The summed E-state index contributed by atoms with van der Waals surface area (Å²) in [6, 6.07) is 4.88. The van der Waals surface area contributed by atoms with Crippen LogP contribution in [0.1, 0.15) is 13.8 Å². The fourth-order valence-electron chi connectivity index (χ4n) is 1.81. The molecule has 0 atom stereocenters. The lowest BCUT2D eigenvalue weighted by atomic mass is 10.3. The molecule has 1 heterocycles. The van der Waals surface area contributed by atoms with Crippen LogP contribution >= 0.6 is 11.3 Å². The number of fused-ring (bicyclic) bond motifs is 1. The van der Waals surface area contributed by atoms with Crippen molar-refractivity contribution in [3.8, 4) is 0 Å². The van der Waals surface area contributed by atoms with E-state index in [-0.39, 0.29) is 11.7 Å². The molecule has 0 aliphatic carbocycles. The molecule has 0 radical (unpaired) electrons. The topological polar surface area (TPSA) is 43.6 Å². The lowest BCUT2D eigenvalue weighted by Gasteiger charge is -2.05. The number of halogens is 1. The fourth-order valence-corrected chi connectivity index (χ4v) is 2.93. The van der Waals surface area contributed by atoms with Crippen molar-refractivity contribution in [1.82, 2.24) is 4.57 Å². The third-order valence-corrected chi connectivity index (χ3v) is 3.61. The van der Waals surface area contributed by atoms with Crippen LogP contribution in [0.4, 0.5) is 4.39 Å². The standard InChI is InChI=1S/C13H15FN2O2S/c1-3-18-8-7-16-12-10(14)5-4-6-11(12)19-13(16)15-9(2)17/h4-6H,3,7-8H2,1-2H3. The minimum Gasteiger partial charge on any atom is -0.380 e. The third kappa shape index (κ3) is 3.08. The first-order valence-corrected chi connectivity index (χ1v) is 6.86. The molecule has 0 N–H and O–H groups in total. The average Bonchev–Trinajstić information content (AvgIpc) is 2.68. The molecule has 1 amide bonds. The zero-order valence-electron chi connectivity index (χ0n) is 10.9. The van der Waals surface area contributed by atoms with Gasteiger partial charge in [-0.15, -0.1) is 0 Å². The van der Waals surface area contributed by atoms with E-state index in [2.05, 4.69) is 4.99 Å². The van der Waals surface area contributed by atoms with Crippen LogP contribution in [-0.2, 0) is 16.1 Å². The van der Waals surface area contributed by atoms with Gasteiger partial charge in [0, 0.05) is 20.1 Å². The first kappa shape index (κ1) is 13.9. The van der Waals surface area contributed by atoms with Gasteiger partial charge in [0.2, 0.25) is 5.91 Å². The normalized spacial score (nSPS) is 12.3. The molecule has 1 aromatic heterocycles. The van der Waals surface area contributed by atoms with E-state index in [1.165, 1.54) is 24.3 Å². The molecule has 0 saturated carbocycles. The highest BCUT2D eigenvalue weighted by atomic mass is 32.1. The second kappa shape index (κ2) is 6.08. The second-order valence-electron chi connectivity index (χ2n) is 3.95. The van der Waals surface area contributed by atoms with E-state index in [1.807, 2.05) is 13.0 Å². The Kier molecular flexibility index (Phi) is 4.44. The Morgan fingerprint density at radius 2 is 2.32 bits per heavy atom. The summed E-state index contributed by atoms with van der Waals surface area (Å²) in [7, 11) is 0. The van der Waals surface area contributed by atoms with Crippen molar-refractivity contribution >= 4 is 27.5 Å². The number of thiazole rings is 1. The van der Waals surface area contributed by atoms with Gasteiger partial charge in [0.05, 0.1) is 16.8 Å². The van der Waals surface area contributed by atoms with Crippen molar-refractivity contribution in [2.24, 2.45) is 4.99 Å². The molecule has 0 saturated heterocycles. The zero-order chi connectivity index (χ0) is 13.8. The number of para-hydroxylation sites is 1. The van der Waals surface area contributed by atoms with Crippen LogP contribution in [-0.4, -0.2) is 23.7 Å². The smallest absolute Gasteiger partial charge is 0.245 e. The number of carbonyl (C=O) groups excluding carboxylic acids is 1. The van der Waals surface area contributed by atoms with Crippen LogP contribution in [0, 0.1) is 5.82 Å². The molecule has 0 bridgehead atoms. The van der Waals surface area contributed by atoms with Gasteiger partial charge < -0.3 is 9.30 Å². The first-order chi connectivity index (χ1) is 9.13. The van der Waals surface area contributed by atoms with Crippen molar-refractivity contribution in [2.45, 2.75) is 20.4 Å². The van der Waals surface area contributed by atoms with E-state index in [0.29, 0.717) is 30.1 Å². The van der Waals surface area contributed by atoms with Crippen LogP contribution < -0.4 is 4.80 Å². The van der Waals surface area contributed by atoms with Crippen LogP contribution in [0.5, 0.6) is 0 Å². The minimum atomic E-state index is -0.310. The van der Waals surface area contributed by atoms with Crippen molar-refractivity contribution < 1.29 is 13.9 Å². The summed E-state index contributed by atoms with van der Waals surface area (Å²) in [4.78, 5) is 15.6. The third-order valence-electron chi connectivity index (χ3n) is 2.57. The van der Waals surface area contributed by atoms with Crippen molar-refractivity contribution in [3.05, 3.63) is 28.8 Å². The maximum absolute atomic E-state index is 13.9. The summed E-state index contributed by atoms with van der Waals surface area (Å²) in [5.41, 5.74) is 0.479. The number of ether oxygens (including phenoxy) is 1. The number of amides is 1. The van der Waals surface area contributed by atoms with E-state index in [9.17, 15) is 9.18 Å². The highest BCUT2D eigenvalue weighted by Gasteiger charge is 2.10. The monoisotopic (exact) mass is 282 g/mol. The Morgan fingerprint density at radius 1 is 1.53 bits per heavy atom. The fraction of sp³-hybridized carbons (Fsp3) is 0.385. The lowest BCUT2D eigenvalue weighted by Crippen LogP contribution is -2.19. The van der Waals surface area contributed by atoms with Gasteiger partial charge in [-0.2, -0.15) is 4.99 Å². The molecule has 4 nitrogen and oxygen atoms in total. The summed E-state index contributed by atoms with van der Waals surface area (Å²) in [6.07, 6.45) is 0. The second-order valence-corrected chi connectivity index (χ2v) is 4.96. The number of hydrogen-bond donors (Lipinski definition) is 0. The van der Waals surface area contributed by atoms with Gasteiger partial charge in [-0.1, -0.05) is 17.4 Å². The van der Waals surface area contributed by atoms with E-state index in [0.717, 1.165) is 4.70 Å². The van der Waals surface area contributed by atoms with E-state index < -0.39 is 0 Å². The molecule has 6 heteroatoms. The predicted octanol–water partition coefficient (Wildman–Crippen LogP) is 2.33. The number of carbonyl (C=O) groups is 1. The molecule has 0 fully saturated rings. The maximum atomic E-state index is 13.9. The van der Waals surface area contributed by atoms with Crippen molar-refractivity contribution in [2.75, 3.05) is 13.2 Å². The summed E-state index contributed by atoms with van der Waals surface area (Å²) in [6.45, 7) is 4.82. The van der Waals surface area contributed by atoms with Gasteiger partial charge in [0.1, 0.15) is 5.82 Å². The highest BCUT2D eigenvalue weighted by molar-refractivity contribution is 7.16. The summed E-state index contributed by atoms with van der Waals surface area (Å²) in [5, 5.41) is 0. The Bertz CT molecular complexity index is 660. The number of hydrogen-bond acceptors (Lipinski definition) is 3. The van der Waals surface area contributed by atoms with Crippen LogP contribution in [0.3, 0.4) is 0 Å². The van der Waals surface area contributed by atoms with Gasteiger partial charge in [-0.25, -0.2) is 4.39 Å². The van der Waals surface area contributed by atoms with E-state index in [4.69, 9.17) is 4.74 Å². The van der Waals surface area contributed by atoms with Gasteiger partial charge in [-0.3, -0.25) is 4.79 Å². The Labute approximate surface area is 114 Å². The van der Waals surface area contributed by atoms with Crippen LogP contribution in [0.15, 0.2) is 23.2 Å². The Hall–Kier alpha value is -1.53. The molecular weight excluding hydrogens is 267 g/mol. The highest BCUT2D eigenvalue weighted by Crippen LogP contribution is 2.20. The molecular formula is C13H15FN2O2S. The maximum Gasteiger partial charge on any atom is 0.245 e. The average molecular weight is 282 g/mol. The van der Waals surface area contributed by atoms with Gasteiger partial charge in [0.15, 0.2) is 4.80 Å². The predicted molar refractivity (Wildman–Crippen MR) is 72.5 cm³/mol. The van der Waals surface area contributed by atoms with Gasteiger partial charge in [0.25, 0.3) is 0 Å². The summed E-state index contributed by atoms with van der Waals surface area (Å²) in [5.74, 6) is -0.604. The molecule has 102 valence electrons. The molecule has 0 spiro atoms. The molecule has 1 aromatic carbocycles. The van der Waals surface area contributed by atoms with E-state index in [1.54, 1.807) is 10.6 Å². The molecule has 19 heavy (non-hydrogen) atoms. The number of rotatable bonds is 4. The minimum absolute atomic E-state index is 0.294. The van der Waals surface area contributed by atoms with Crippen LogP contribution in [0.25, 0.3) is 10.2 Å². The summed E-state index contributed by atoms with van der Waals surface area (Å²) >= 11 is 1.30. The number of nitrogens with zero attached hydrogens (tertiary/aromatic N) is 2. The molecule has 0 aliphatic heterocycles. The summed E-state index contributed by atoms with van der Waals surface area (Å²) < 4.78 is 21.7. The quantitative estimate of drug-likeness (QED) is 0.808. The molecule has 0 unspecified atom stereocenters. The van der Waals surface area contributed by atoms with Crippen LogP contribution in [0.2, 0.25) is 0 Å². The molecule has 2 aromatic rings. The van der Waals surface area contributed by atoms with Crippen molar-refractivity contribution in [3.63, 3.8) is 0 Å². The zero-order valence-corrected chi connectivity index (χ0v) is 11.7. The van der Waals surface area contributed by atoms with Gasteiger partial charge >= 0.3 is 0 Å². The van der Waals surface area contributed by atoms with Gasteiger partial charge in [-0.05, 0) is 19.1 Å². The lowest BCUT2D eigenvalue weighted by molar-refractivity contribution is -0.116. The molecule has 2 rings (SSSR count). The number of benzene rings is 1. The SMILES string of the molecule is CCOCCn1c(=NC(C)=O)sc2cccc(F)c21. The van der Waals surface area contributed by atoms with E-state index >= 15 is 0 Å².